The zero-order valence-electron chi connectivity index (χ0n) is 6.07. The van der Waals surface area contributed by atoms with Crippen LogP contribution < -0.4 is 0 Å². The van der Waals surface area contributed by atoms with E-state index in [1.54, 1.807) is 6.07 Å². The maximum atomic E-state index is 12.0. The molecule has 0 aromatic rings. The molecule has 6 heteroatoms. The molecule has 0 fully saturated rings. The molecule has 2 nitrogen and oxygen atoms in total. The third-order valence-electron chi connectivity index (χ3n) is 0.972. The van der Waals surface area contributed by atoms with E-state index in [-0.39, 0.29) is 13.0 Å². The van der Waals surface area contributed by atoms with Gasteiger partial charge in [0.05, 0.1) is 19.1 Å². The molecule has 0 N–H and O–H groups in total. The molecule has 0 unspecified atom stereocenters. The van der Waals surface area contributed by atoms with Gasteiger partial charge in [0, 0.05) is 0 Å². The molecule has 0 saturated heterocycles. The normalized spacial score (nSPS) is 11.7. The highest BCUT2D eigenvalue weighted by atomic mass is 19.3. The van der Waals surface area contributed by atoms with Gasteiger partial charge in [0.2, 0.25) is 0 Å². The van der Waals surface area contributed by atoms with Crippen LogP contribution in [0.4, 0.5) is 17.6 Å². The van der Waals surface area contributed by atoms with Gasteiger partial charge in [0.15, 0.2) is 0 Å². The number of nitrogens with zero attached hydrogens (tertiary/aromatic N) is 1. The highest BCUT2D eigenvalue weighted by molar-refractivity contribution is 4.70. The first-order valence-electron chi connectivity index (χ1n) is 3.11. The summed E-state index contributed by atoms with van der Waals surface area (Å²) in [5, 5.41) is 7.94. The first-order valence-corrected chi connectivity index (χ1v) is 3.11. The van der Waals surface area contributed by atoms with E-state index < -0.39 is 19.0 Å². The number of ether oxygens (including phenoxy) is 1. The van der Waals surface area contributed by atoms with Gasteiger partial charge in [-0.3, -0.25) is 0 Å². The van der Waals surface area contributed by atoms with Crippen LogP contribution in [0, 0.1) is 11.3 Å². The predicted octanol–water partition coefficient (Wildman–Crippen LogP) is 1.82. The van der Waals surface area contributed by atoms with E-state index in [4.69, 9.17) is 5.26 Å². The van der Waals surface area contributed by atoms with E-state index in [0.717, 1.165) is 0 Å². The highest BCUT2D eigenvalue weighted by Crippen LogP contribution is 2.22. The Bertz CT molecular complexity index is 165. The topological polar surface area (TPSA) is 33.0 Å². The first kappa shape index (κ1) is 11.2. The molecule has 70 valence electrons. The van der Waals surface area contributed by atoms with Crippen LogP contribution in [-0.2, 0) is 4.74 Å². The number of halogens is 4. The molecule has 0 aromatic heterocycles. The van der Waals surface area contributed by atoms with Crippen LogP contribution >= 0.6 is 0 Å². The number of nitriles is 1. The molecule has 0 aliphatic carbocycles. The second kappa shape index (κ2) is 4.93. The van der Waals surface area contributed by atoms with Crippen LogP contribution in [0.25, 0.3) is 0 Å². The molecular formula is C6H7F4NO. The Morgan fingerprint density at radius 2 is 2.00 bits per heavy atom. The third-order valence-corrected chi connectivity index (χ3v) is 0.972. The molecule has 0 radical (unpaired) electrons. The van der Waals surface area contributed by atoms with Gasteiger partial charge < -0.3 is 4.74 Å². The molecular weight excluding hydrogens is 178 g/mol. The van der Waals surface area contributed by atoms with Gasteiger partial charge in [-0.15, -0.1) is 0 Å². The summed E-state index contributed by atoms with van der Waals surface area (Å²) in [6.45, 7) is -1.59. The summed E-state index contributed by atoms with van der Waals surface area (Å²) in [7, 11) is 0. The quantitative estimate of drug-likeness (QED) is 0.483. The van der Waals surface area contributed by atoms with Crippen LogP contribution in [0.15, 0.2) is 0 Å². The van der Waals surface area contributed by atoms with Crippen molar-refractivity contribution in [2.24, 2.45) is 0 Å². The Balaban J connectivity index is 3.56. The van der Waals surface area contributed by atoms with Crippen molar-refractivity contribution in [2.75, 3.05) is 13.2 Å². The van der Waals surface area contributed by atoms with Crippen LogP contribution in [0.5, 0.6) is 0 Å². The van der Waals surface area contributed by atoms with Crippen molar-refractivity contribution in [3.8, 4) is 6.07 Å². The lowest BCUT2D eigenvalue weighted by atomic mass is 10.4. The van der Waals surface area contributed by atoms with Crippen molar-refractivity contribution >= 4 is 0 Å². The largest absolute Gasteiger partial charge is 0.374 e. The summed E-state index contributed by atoms with van der Waals surface area (Å²) in [5.41, 5.74) is 0. The molecule has 0 atom stereocenters. The minimum Gasteiger partial charge on any atom is -0.374 e. The summed E-state index contributed by atoms with van der Waals surface area (Å²) in [6.07, 6.45) is -3.81. The second-order valence-electron chi connectivity index (χ2n) is 2.02. The van der Waals surface area contributed by atoms with Gasteiger partial charge in [-0.25, -0.2) is 8.78 Å². The predicted molar refractivity (Wildman–Crippen MR) is 32.0 cm³/mol. The van der Waals surface area contributed by atoms with Gasteiger partial charge in [0.25, 0.3) is 0 Å². The monoisotopic (exact) mass is 185 g/mol. The molecule has 0 saturated carbocycles. The van der Waals surface area contributed by atoms with Gasteiger partial charge >= 0.3 is 12.3 Å². The summed E-state index contributed by atoms with van der Waals surface area (Å²) in [6, 6.07) is 1.63. The molecule has 0 aliphatic heterocycles. The number of alkyl halides is 4. The molecule has 0 aliphatic rings. The van der Waals surface area contributed by atoms with Crippen molar-refractivity contribution < 1.29 is 22.3 Å². The van der Waals surface area contributed by atoms with E-state index >= 15 is 0 Å². The number of hydrogen-bond donors (Lipinski definition) is 0. The van der Waals surface area contributed by atoms with Gasteiger partial charge in [0.1, 0.15) is 6.61 Å². The Kier molecular flexibility index (Phi) is 4.59. The van der Waals surface area contributed by atoms with Crippen molar-refractivity contribution in [1.29, 1.82) is 5.26 Å². The molecule has 0 amide bonds. The zero-order valence-corrected chi connectivity index (χ0v) is 6.07. The van der Waals surface area contributed by atoms with E-state index in [0.29, 0.717) is 0 Å². The van der Waals surface area contributed by atoms with Gasteiger partial charge in [-0.2, -0.15) is 14.0 Å². The molecule has 0 bridgehead atoms. The maximum Gasteiger partial charge on any atom is 0.330 e. The fourth-order valence-corrected chi connectivity index (χ4v) is 0.389. The van der Waals surface area contributed by atoms with Gasteiger partial charge in [-0.05, 0) is 0 Å². The van der Waals surface area contributed by atoms with Gasteiger partial charge in [-0.1, -0.05) is 0 Å². The molecule has 0 aromatic carbocycles. The summed E-state index contributed by atoms with van der Waals surface area (Å²) in [4.78, 5) is 0. The lowest BCUT2D eigenvalue weighted by Crippen LogP contribution is -2.32. The second-order valence-corrected chi connectivity index (χ2v) is 2.02. The third kappa shape index (κ3) is 4.13. The smallest absolute Gasteiger partial charge is 0.330 e. The summed E-state index contributed by atoms with van der Waals surface area (Å²) in [5.74, 6) is -4.12. The first-order chi connectivity index (χ1) is 5.50. The Labute approximate surface area is 66.7 Å². The molecule has 0 heterocycles. The zero-order chi connectivity index (χ0) is 9.61. The van der Waals surface area contributed by atoms with Crippen LogP contribution in [0.3, 0.4) is 0 Å². The lowest BCUT2D eigenvalue weighted by Gasteiger charge is -2.14. The van der Waals surface area contributed by atoms with Crippen LogP contribution in [-0.4, -0.2) is 25.6 Å². The van der Waals surface area contributed by atoms with E-state index in [1.165, 1.54) is 0 Å². The lowest BCUT2D eigenvalue weighted by molar-refractivity contribution is -0.165. The minimum absolute atomic E-state index is 0.0840. The Morgan fingerprint density at radius 1 is 1.42 bits per heavy atom. The van der Waals surface area contributed by atoms with E-state index in [2.05, 4.69) is 4.74 Å². The molecule has 0 rings (SSSR count). The Morgan fingerprint density at radius 3 is 2.42 bits per heavy atom. The van der Waals surface area contributed by atoms with Crippen molar-refractivity contribution in [3.05, 3.63) is 0 Å². The van der Waals surface area contributed by atoms with Crippen molar-refractivity contribution in [1.82, 2.24) is 0 Å². The average molecular weight is 185 g/mol. The molecule has 0 spiro atoms. The molecule has 12 heavy (non-hydrogen) atoms. The van der Waals surface area contributed by atoms with Crippen molar-refractivity contribution in [2.45, 2.75) is 18.8 Å². The SMILES string of the molecule is N#CCCOCC(F)(F)C(F)F. The van der Waals surface area contributed by atoms with E-state index in [1.807, 2.05) is 0 Å². The van der Waals surface area contributed by atoms with Crippen LogP contribution in [0.2, 0.25) is 0 Å². The standard InChI is InChI=1S/C6H7F4NO/c7-5(8)6(9,10)4-12-3-1-2-11/h5H,1,3-4H2. The van der Waals surface area contributed by atoms with Crippen LogP contribution in [0.1, 0.15) is 6.42 Å². The number of rotatable bonds is 5. The minimum atomic E-state index is -4.12. The fourth-order valence-electron chi connectivity index (χ4n) is 0.389. The number of hydrogen-bond acceptors (Lipinski definition) is 2. The summed E-state index contributed by atoms with van der Waals surface area (Å²) >= 11 is 0. The van der Waals surface area contributed by atoms with E-state index in [9.17, 15) is 17.6 Å². The average Bonchev–Trinajstić information content (AvgIpc) is 1.98. The summed E-state index contributed by atoms with van der Waals surface area (Å²) < 4.78 is 51.0. The Hall–Kier alpha value is -0.830. The fraction of sp³-hybridized carbons (Fsp3) is 0.833. The van der Waals surface area contributed by atoms with Crippen molar-refractivity contribution in [3.63, 3.8) is 0 Å². The maximum absolute atomic E-state index is 12.0. The highest BCUT2D eigenvalue weighted by Gasteiger charge is 2.40.